The van der Waals surface area contributed by atoms with Crippen molar-refractivity contribution < 1.29 is 9.53 Å². The maximum atomic E-state index is 10.7. The Labute approximate surface area is 67.1 Å². The Hall–Kier alpha value is -1.01. The van der Waals surface area contributed by atoms with Crippen molar-refractivity contribution in [3.63, 3.8) is 0 Å². The van der Waals surface area contributed by atoms with Gasteiger partial charge in [-0.1, -0.05) is 0 Å². The van der Waals surface area contributed by atoms with Crippen molar-refractivity contribution >= 4 is 5.91 Å². The van der Waals surface area contributed by atoms with Crippen molar-refractivity contribution in [2.45, 2.75) is 12.8 Å². The molecule has 0 fully saturated rings. The van der Waals surface area contributed by atoms with Crippen LogP contribution in [0.2, 0.25) is 0 Å². The van der Waals surface area contributed by atoms with Crippen LogP contribution >= 0.6 is 0 Å². The first-order valence-corrected chi connectivity index (χ1v) is 3.50. The smallest absolute Gasteiger partial charge is 0.245 e. The third-order valence-corrected chi connectivity index (χ3v) is 1.10. The zero-order valence-corrected chi connectivity index (χ0v) is 6.72. The molecule has 0 heterocycles. The third kappa shape index (κ3) is 6.88. The van der Waals surface area contributed by atoms with E-state index in [0.29, 0.717) is 13.0 Å². The molecule has 11 heavy (non-hydrogen) atoms. The monoisotopic (exact) mass is 155 g/mol. The Kier molecular flexibility index (Phi) is 6.45. The van der Waals surface area contributed by atoms with Gasteiger partial charge in [-0.3, -0.25) is 4.79 Å². The van der Waals surface area contributed by atoms with E-state index in [-0.39, 0.29) is 12.5 Å². The molecule has 0 spiro atoms. The molecule has 0 aromatic carbocycles. The van der Waals surface area contributed by atoms with Gasteiger partial charge < -0.3 is 10.1 Å². The van der Waals surface area contributed by atoms with Crippen LogP contribution in [0.4, 0.5) is 0 Å². The number of carbonyl (C=O) groups excluding carboxylic acids is 1. The number of nitrogens with one attached hydrogen (secondary N) is 1. The average Bonchev–Trinajstić information content (AvgIpc) is 1.99. The van der Waals surface area contributed by atoms with Gasteiger partial charge in [0.05, 0.1) is 0 Å². The molecule has 62 valence electrons. The second-order valence-corrected chi connectivity index (χ2v) is 2.09. The molecule has 0 aliphatic heterocycles. The lowest BCUT2D eigenvalue weighted by atomic mass is 10.3. The lowest BCUT2D eigenvalue weighted by Crippen LogP contribution is -2.27. The largest absolute Gasteiger partial charge is 0.375 e. The highest BCUT2D eigenvalue weighted by Crippen LogP contribution is 1.82. The lowest BCUT2D eigenvalue weighted by molar-refractivity contribution is -0.124. The highest BCUT2D eigenvalue weighted by Gasteiger charge is 1.96. The summed E-state index contributed by atoms with van der Waals surface area (Å²) >= 11 is 0. The Bertz CT molecular complexity index is 149. The minimum absolute atomic E-state index is 0.0930. The van der Waals surface area contributed by atoms with E-state index in [1.54, 1.807) is 0 Å². The molecular formula is C8H13NO2. The number of hydrogen-bond donors (Lipinski definition) is 1. The maximum absolute atomic E-state index is 10.7. The second-order valence-electron chi connectivity index (χ2n) is 2.09. The van der Waals surface area contributed by atoms with Gasteiger partial charge >= 0.3 is 0 Å². The molecule has 0 atom stereocenters. The summed E-state index contributed by atoms with van der Waals surface area (Å²) in [5, 5.41) is 2.66. The van der Waals surface area contributed by atoms with E-state index in [2.05, 4.69) is 16.0 Å². The summed E-state index contributed by atoms with van der Waals surface area (Å²) in [5.74, 6) is 2.40. The van der Waals surface area contributed by atoms with Gasteiger partial charge in [-0.05, 0) is 6.42 Å². The van der Waals surface area contributed by atoms with Gasteiger partial charge in [0.2, 0.25) is 5.91 Å². The normalized spacial score (nSPS) is 8.73. The molecule has 0 aromatic rings. The molecule has 3 nitrogen and oxygen atoms in total. The van der Waals surface area contributed by atoms with Crippen LogP contribution in [0.25, 0.3) is 0 Å². The van der Waals surface area contributed by atoms with Crippen LogP contribution in [-0.2, 0) is 9.53 Å². The van der Waals surface area contributed by atoms with Crippen LogP contribution in [0.1, 0.15) is 12.8 Å². The molecule has 3 heteroatoms. The van der Waals surface area contributed by atoms with Gasteiger partial charge in [0, 0.05) is 20.1 Å². The predicted molar refractivity (Wildman–Crippen MR) is 43.0 cm³/mol. The minimum atomic E-state index is -0.0930. The molecule has 0 saturated carbocycles. The quantitative estimate of drug-likeness (QED) is 0.454. The molecule has 0 aliphatic rings. The van der Waals surface area contributed by atoms with Crippen molar-refractivity contribution in [3.8, 4) is 12.3 Å². The summed E-state index contributed by atoms with van der Waals surface area (Å²) in [6.45, 7) is 0.752. The molecule has 0 unspecified atom stereocenters. The van der Waals surface area contributed by atoms with Gasteiger partial charge in [0.1, 0.15) is 6.61 Å². The molecule has 1 N–H and O–H groups in total. The van der Waals surface area contributed by atoms with Gasteiger partial charge in [-0.2, -0.15) is 0 Å². The van der Waals surface area contributed by atoms with Crippen molar-refractivity contribution in [2.24, 2.45) is 0 Å². The lowest BCUT2D eigenvalue weighted by Gasteiger charge is -2.01. The zero-order valence-electron chi connectivity index (χ0n) is 6.72. The predicted octanol–water partition coefficient (Wildman–Crippen LogP) is 0.162. The number of rotatable bonds is 5. The molecule has 0 saturated heterocycles. The average molecular weight is 155 g/mol. The van der Waals surface area contributed by atoms with Gasteiger partial charge in [0.25, 0.3) is 0 Å². The number of unbranched alkanes of at least 4 members (excludes halogenated alkanes) is 1. The topological polar surface area (TPSA) is 38.3 Å². The van der Waals surface area contributed by atoms with Crippen molar-refractivity contribution in [1.29, 1.82) is 0 Å². The van der Waals surface area contributed by atoms with E-state index in [4.69, 9.17) is 6.42 Å². The van der Waals surface area contributed by atoms with Crippen LogP contribution in [0.5, 0.6) is 0 Å². The van der Waals surface area contributed by atoms with Crippen LogP contribution in [0, 0.1) is 12.3 Å². The highest BCUT2D eigenvalue weighted by molar-refractivity contribution is 5.77. The second kappa shape index (κ2) is 7.10. The fourth-order valence-corrected chi connectivity index (χ4v) is 0.600. The summed E-state index contributed by atoms with van der Waals surface area (Å²) in [6.07, 6.45) is 6.54. The first kappa shape index (κ1) is 9.99. The molecular weight excluding hydrogens is 142 g/mol. The van der Waals surface area contributed by atoms with Crippen LogP contribution in [-0.4, -0.2) is 26.2 Å². The molecule has 0 rings (SSSR count). The number of amides is 1. The van der Waals surface area contributed by atoms with Crippen LogP contribution in [0.3, 0.4) is 0 Å². The van der Waals surface area contributed by atoms with E-state index in [9.17, 15) is 4.79 Å². The summed E-state index contributed by atoms with van der Waals surface area (Å²) in [5.41, 5.74) is 0. The Morgan fingerprint density at radius 3 is 3.00 bits per heavy atom. The molecule has 0 bridgehead atoms. The fraction of sp³-hybridized carbons (Fsp3) is 0.625. The van der Waals surface area contributed by atoms with Crippen LogP contribution < -0.4 is 5.32 Å². The number of ether oxygens (including phenoxy) is 1. The molecule has 0 aromatic heterocycles. The Morgan fingerprint density at radius 1 is 1.73 bits per heavy atom. The Morgan fingerprint density at radius 2 is 2.45 bits per heavy atom. The van der Waals surface area contributed by atoms with Gasteiger partial charge in [0.15, 0.2) is 0 Å². The third-order valence-electron chi connectivity index (χ3n) is 1.10. The zero-order chi connectivity index (χ0) is 8.53. The first-order chi connectivity index (χ1) is 5.31. The van der Waals surface area contributed by atoms with Crippen LogP contribution in [0.15, 0.2) is 0 Å². The van der Waals surface area contributed by atoms with Crippen molar-refractivity contribution in [2.75, 3.05) is 20.3 Å². The number of hydrogen-bond acceptors (Lipinski definition) is 2. The van der Waals surface area contributed by atoms with E-state index in [1.165, 1.54) is 7.11 Å². The minimum Gasteiger partial charge on any atom is -0.375 e. The number of methoxy groups -OCH3 is 1. The van der Waals surface area contributed by atoms with E-state index >= 15 is 0 Å². The molecule has 0 radical (unpaired) electrons. The summed E-state index contributed by atoms with van der Waals surface area (Å²) < 4.78 is 4.61. The number of carbonyl (C=O) groups is 1. The van der Waals surface area contributed by atoms with Gasteiger partial charge in [-0.15, -0.1) is 12.3 Å². The summed E-state index contributed by atoms with van der Waals surface area (Å²) in [7, 11) is 1.49. The first-order valence-electron chi connectivity index (χ1n) is 3.50. The standard InChI is InChI=1S/C8H13NO2/c1-3-4-5-6-9-8(10)7-11-2/h1H,4-7H2,2H3,(H,9,10). The van der Waals surface area contributed by atoms with Gasteiger partial charge in [-0.25, -0.2) is 0 Å². The maximum Gasteiger partial charge on any atom is 0.245 e. The van der Waals surface area contributed by atoms with E-state index in [0.717, 1.165) is 6.42 Å². The highest BCUT2D eigenvalue weighted by atomic mass is 16.5. The summed E-state index contributed by atoms with van der Waals surface area (Å²) in [6, 6.07) is 0. The van der Waals surface area contributed by atoms with E-state index in [1.807, 2.05) is 0 Å². The van der Waals surface area contributed by atoms with Crippen molar-refractivity contribution in [3.05, 3.63) is 0 Å². The fourth-order valence-electron chi connectivity index (χ4n) is 0.600. The molecule has 1 amide bonds. The van der Waals surface area contributed by atoms with E-state index < -0.39 is 0 Å². The number of terminal acetylenes is 1. The molecule has 0 aliphatic carbocycles. The summed E-state index contributed by atoms with van der Waals surface area (Å²) in [4.78, 5) is 10.7. The Balaban J connectivity index is 3.12. The SMILES string of the molecule is C#CCCCNC(=O)COC. The van der Waals surface area contributed by atoms with Crippen molar-refractivity contribution in [1.82, 2.24) is 5.32 Å².